The number of thiophene rings is 1. The van der Waals surface area contributed by atoms with Crippen LogP contribution in [-0.2, 0) is 11.2 Å². The molecule has 0 bridgehead atoms. The third-order valence-corrected chi connectivity index (χ3v) is 5.70. The molecule has 3 heterocycles. The largest absolute Gasteiger partial charge is 0.310 e. The molecule has 2 N–H and O–H groups in total. The van der Waals surface area contributed by atoms with Gasteiger partial charge in [-0.15, -0.1) is 11.3 Å². The average molecular weight is 383 g/mol. The van der Waals surface area contributed by atoms with Crippen molar-refractivity contribution in [3.8, 4) is 16.5 Å². The second-order valence-electron chi connectivity index (χ2n) is 6.69. The Bertz CT molecular complexity index is 1000. The molecule has 0 saturated heterocycles. The molecule has 1 aliphatic carbocycles. The highest BCUT2D eigenvalue weighted by molar-refractivity contribution is 7.13. The van der Waals surface area contributed by atoms with Crippen LogP contribution in [-0.4, -0.2) is 25.7 Å². The molecule has 3 aromatic heterocycles. The number of carbonyl (C=O) groups excluding carboxylic acids is 1. The Morgan fingerprint density at radius 1 is 1.37 bits per heavy atom. The van der Waals surface area contributed by atoms with Gasteiger partial charge in [0.25, 0.3) is 5.56 Å². The topological polar surface area (TPSA) is 92.7 Å². The van der Waals surface area contributed by atoms with Crippen LogP contribution in [0, 0.1) is 5.92 Å². The molecule has 1 aliphatic rings. The number of nitrogens with zero attached hydrogens (tertiary/aromatic N) is 3. The van der Waals surface area contributed by atoms with Crippen molar-refractivity contribution in [2.45, 2.75) is 39.0 Å². The molecule has 1 amide bonds. The lowest BCUT2D eigenvalue weighted by molar-refractivity contribution is -0.119. The summed E-state index contributed by atoms with van der Waals surface area (Å²) in [6, 6.07) is 7.23. The SMILES string of the molecule is CCc1cc(=O)[nH]c(-n2nc(-c3cccs3)cc2NC(=O)C2CCCC2)n1. The van der Waals surface area contributed by atoms with Crippen LogP contribution in [0.15, 0.2) is 34.4 Å². The predicted octanol–water partition coefficient (Wildman–Crippen LogP) is 3.38. The van der Waals surface area contributed by atoms with Gasteiger partial charge in [-0.2, -0.15) is 9.78 Å². The maximum Gasteiger partial charge on any atom is 0.252 e. The molecule has 0 atom stereocenters. The summed E-state index contributed by atoms with van der Waals surface area (Å²) < 4.78 is 1.52. The number of amides is 1. The highest BCUT2D eigenvalue weighted by Crippen LogP contribution is 2.29. The molecule has 0 aromatic carbocycles. The van der Waals surface area contributed by atoms with Crippen LogP contribution in [0.4, 0.5) is 5.82 Å². The second kappa shape index (κ2) is 7.48. The van der Waals surface area contributed by atoms with Crippen LogP contribution in [0.2, 0.25) is 0 Å². The van der Waals surface area contributed by atoms with Crippen LogP contribution in [0.3, 0.4) is 0 Å². The molecule has 1 fully saturated rings. The highest BCUT2D eigenvalue weighted by atomic mass is 32.1. The van der Waals surface area contributed by atoms with E-state index in [0.29, 0.717) is 23.9 Å². The molecule has 0 spiro atoms. The molecule has 0 aliphatic heterocycles. The van der Waals surface area contributed by atoms with Gasteiger partial charge in [0.05, 0.1) is 4.88 Å². The first-order valence-electron chi connectivity index (χ1n) is 9.19. The number of rotatable bonds is 5. The van der Waals surface area contributed by atoms with E-state index in [1.165, 1.54) is 10.7 Å². The summed E-state index contributed by atoms with van der Waals surface area (Å²) in [5.41, 5.74) is 1.17. The maximum absolute atomic E-state index is 12.6. The monoisotopic (exact) mass is 383 g/mol. The van der Waals surface area contributed by atoms with E-state index in [1.807, 2.05) is 30.5 Å². The van der Waals surface area contributed by atoms with E-state index in [1.54, 1.807) is 11.3 Å². The lowest BCUT2D eigenvalue weighted by atomic mass is 10.1. The number of hydrogen-bond acceptors (Lipinski definition) is 5. The molecule has 7 nitrogen and oxygen atoms in total. The van der Waals surface area contributed by atoms with Gasteiger partial charge in [-0.05, 0) is 30.7 Å². The smallest absolute Gasteiger partial charge is 0.252 e. The van der Waals surface area contributed by atoms with E-state index in [4.69, 9.17) is 0 Å². The van der Waals surface area contributed by atoms with Crippen molar-refractivity contribution in [3.05, 3.63) is 45.7 Å². The van der Waals surface area contributed by atoms with Crippen molar-refractivity contribution in [1.29, 1.82) is 0 Å². The highest BCUT2D eigenvalue weighted by Gasteiger charge is 2.24. The molecule has 0 unspecified atom stereocenters. The predicted molar refractivity (Wildman–Crippen MR) is 105 cm³/mol. The van der Waals surface area contributed by atoms with Gasteiger partial charge >= 0.3 is 0 Å². The number of carbonyl (C=O) groups is 1. The van der Waals surface area contributed by atoms with E-state index in [9.17, 15) is 9.59 Å². The van der Waals surface area contributed by atoms with Crippen molar-refractivity contribution in [2.75, 3.05) is 5.32 Å². The molecule has 27 heavy (non-hydrogen) atoms. The molecule has 8 heteroatoms. The Labute approximate surface area is 160 Å². The first-order valence-corrected chi connectivity index (χ1v) is 10.1. The fourth-order valence-electron chi connectivity index (χ4n) is 3.37. The summed E-state index contributed by atoms with van der Waals surface area (Å²) in [6.45, 7) is 1.94. The Kier molecular flexibility index (Phi) is 4.89. The first-order chi connectivity index (χ1) is 13.1. The van der Waals surface area contributed by atoms with Crippen LogP contribution in [0.1, 0.15) is 38.3 Å². The fourth-order valence-corrected chi connectivity index (χ4v) is 4.05. The molecular weight excluding hydrogens is 362 g/mol. The molecule has 140 valence electrons. The summed E-state index contributed by atoms with van der Waals surface area (Å²) in [5.74, 6) is 0.864. The van der Waals surface area contributed by atoms with Gasteiger partial charge in [0, 0.05) is 23.7 Å². The maximum atomic E-state index is 12.6. The number of nitrogens with one attached hydrogen (secondary N) is 2. The summed E-state index contributed by atoms with van der Waals surface area (Å²) in [4.78, 5) is 32.8. The molecule has 4 rings (SSSR count). The van der Waals surface area contributed by atoms with E-state index in [2.05, 4.69) is 20.4 Å². The van der Waals surface area contributed by atoms with Crippen molar-refractivity contribution in [2.24, 2.45) is 5.92 Å². The summed E-state index contributed by atoms with van der Waals surface area (Å²) in [6.07, 6.45) is 4.65. The summed E-state index contributed by atoms with van der Waals surface area (Å²) in [5, 5.41) is 9.57. The zero-order valence-corrected chi connectivity index (χ0v) is 15.9. The van der Waals surface area contributed by atoms with Crippen molar-refractivity contribution < 1.29 is 4.79 Å². The van der Waals surface area contributed by atoms with Crippen LogP contribution in [0.5, 0.6) is 0 Å². The Morgan fingerprint density at radius 3 is 2.89 bits per heavy atom. The van der Waals surface area contributed by atoms with Gasteiger partial charge in [0.1, 0.15) is 11.5 Å². The second-order valence-corrected chi connectivity index (χ2v) is 7.64. The minimum absolute atomic E-state index is 0.000345. The Morgan fingerprint density at radius 2 is 2.19 bits per heavy atom. The van der Waals surface area contributed by atoms with Gasteiger partial charge in [0.15, 0.2) is 0 Å². The number of anilines is 1. The van der Waals surface area contributed by atoms with E-state index >= 15 is 0 Å². The van der Waals surface area contributed by atoms with E-state index in [0.717, 1.165) is 36.3 Å². The number of H-pyrrole nitrogens is 1. The molecule has 3 aromatic rings. The number of hydrogen-bond donors (Lipinski definition) is 2. The van der Waals surface area contributed by atoms with Gasteiger partial charge in [-0.25, -0.2) is 4.98 Å². The molecular formula is C19H21N5O2S. The summed E-state index contributed by atoms with van der Waals surface area (Å²) in [7, 11) is 0. The van der Waals surface area contributed by atoms with Gasteiger partial charge in [-0.1, -0.05) is 25.8 Å². The Balaban J connectivity index is 1.75. The molecule has 1 saturated carbocycles. The normalized spacial score (nSPS) is 14.6. The lowest BCUT2D eigenvalue weighted by Gasteiger charge is -2.11. The standard InChI is InChI=1S/C19H21N5O2S/c1-2-13-10-17(25)22-19(20-13)24-16(21-18(26)12-6-3-4-7-12)11-14(23-24)15-8-5-9-27-15/h5,8-12H,2-4,6-7H2,1H3,(H,21,26)(H,20,22,25). The summed E-state index contributed by atoms with van der Waals surface area (Å²) >= 11 is 1.57. The quantitative estimate of drug-likeness (QED) is 0.706. The van der Waals surface area contributed by atoms with Gasteiger partial charge in [0.2, 0.25) is 11.9 Å². The van der Waals surface area contributed by atoms with Crippen LogP contribution < -0.4 is 10.9 Å². The fraction of sp³-hybridized carbons (Fsp3) is 0.368. The molecule has 0 radical (unpaired) electrons. The van der Waals surface area contributed by atoms with Crippen molar-refractivity contribution >= 4 is 23.1 Å². The lowest BCUT2D eigenvalue weighted by Crippen LogP contribution is -2.23. The zero-order valence-electron chi connectivity index (χ0n) is 15.1. The van der Waals surface area contributed by atoms with Crippen LogP contribution >= 0.6 is 11.3 Å². The zero-order chi connectivity index (χ0) is 18.8. The van der Waals surface area contributed by atoms with Gasteiger partial charge in [-0.3, -0.25) is 14.6 Å². The van der Waals surface area contributed by atoms with Crippen molar-refractivity contribution in [3.63, 3.8) is 0 Å². The van der Waals surface area contributed by atoms with E-state index in [-0.39, 0.29) is 17.4 Å². The van der Waals surface area contributed by atoms with Crippen LogP contribution in [0.25, 0.3) is 16.5 Å². The number of aromatic nitrogens is 4. The Hall–Kier alpha value is -2.74. The average Bonchev–Trinajstić information content (AvgIpc) is 3.41. The van der Waals surface area contributed by atoms with Gasteiger partial charge < -0.3 is 5.32 Å². The van der Waals surface area contributed by atoms with Crippen molar-refractivity contribution in [1.82, 2.24) is 19.7 Å². The number of aromatic amines is 1. The third-order valence-electron chi connectivity index (χ3n) is 4.81. The third kappa shape index (κ3) is 3.71. The minimum Gasteiger partial charge on any atom is -0.310 e. The van der Waals surface area contributed by atoms with E-state index < -0.39 is 0 Å². The number of aryl methyl sites for hydroxylation is 1. The minimum atomic E-state index is -0.238. The first kappa shape index (κ1) is 17.7.